The zero-order valence-corrected chi connectivity index (χ0v) is 14.7. The lowest BCUT2D eigenvalue weighted by Gasteiger charge is -2.17. The van der Waals surface area contributed by atoms with Crippen molar-refractivity contribution in [2.75, 3.05) is 0 Å². The summed E-state index contributed by atoms with van der Waals surface area (Å²) in [5, 5.41) is 2.72. The number of amides is 1. The highest BCUT2D eigenvalue weighted by molar-refractivity contribution is 9.10. The Morgan fingerprint density at radius 3 is 2.54 bits per heavy atom. The maximum atomic E-state index is 13.7. The van der Waals surface area contributed by atoms with Gasteiger partial charge < -0.3 is 10.1 Å². The molecule has 0 aliphatic carbocycles. The SMILES string of the molecule is CC(=O)N[C@@H](CC(=O)OCc1ccc(Br)cc1F)c1ccccc1. The van der Waals surface area contributed by atoms with Crippen LogP contribution in [0.5, 0.6) is 0 Å². The van der Waals surface area contributed by atoms with Crippen molar-refractivity contribution in [2.45, 2.75) is 26.0 Å². The van der Waals surface area contributed by atoms with E-state index in [1.807, 2.05) is 30.3 Å². The minimum absolute atomic E-state index is 0.0261. The zero-order valence-electron chi connectivity index (χ0n) is 13.1. The van der Waals surface area contributed by atoms with Gasteiger partial charge in [-0.05, 0) is 17.7 Å². The molecule has 0 saturated carbocycles. The third-order valence-electron chi connectivity index (χ3n) is 3.35. The van der Waals surface area contributed by atoms with E-state index in [0.717, 1.165) is 5.56 Å². The highest BCUT2D eigenvalue weighted by atomic mass is 79.9. The average Bonchev–Trinajstić information content (AvgIpc) is 2.54. The maximum absolute atomic E-state index is 13.7. The van der Waals surface area contributed by atoms with E-state index in [-0.39, 0.29) is 18.9 Å². The molecule has 0 aliphatic rings. The Morgan fingerprint density at radius 2 is 1.92 bits per heavy atom. The van der Waals surface area contributed by atoms with Crippen molar-refractivity contribution in [3.8, 4) is 0 Å². The van der Waals surface area contributed by atoms with Gasteiger partial charge in [0.2, 0.25) is 5.91 Å². The molecule has 4 nitrogen and oxygen atoms in total. The summed E-state index contributed by atoms with van der Waals surface area (Å²) in [6, 6.07) is 13.2. The van der Waals surface area contributed by atoms with Crippen molar-refractivity contribution < 1.29 is 18.7 Å². The van der Waals surface area contributed by atoms with Gasteiger partial charge in [0.1, 0.15) is 12.4 Å². The van der Waals surface area contributed by atoms with Gasteiger partial charge in [-0.1, -0.05) is 52.3 Å². The summed E-state index contributed by atoms with van der Waals surface area (Å²) in [5.41, 5.74) is 1.10. The molecule has 1 N–H and O–H groups in total. The van der Waals surface area contributed by atoms with Crippen LogP contribution in [0.3, 0.4) is 0 Å². The number of hydrogen-bond acceptors (Lipinski definition) is 3. The quantitative estimate of drug-likeness (QED) is 0.757. The predicted molar refractivity (Wildman–Crippen MR) is 91.5 cm³/mol. The Morgan fingerprint density at radius 1 is 1.21 bits per heavy atom. The van der Waals surface area contributed by atoms with Gasteiger partial charge in [-0.3, -0.25) is 9.59 Å². The zero-order chi connectivity index (χ0) is 17.5. The van der Waals surface area contributed by atoms with E-state index in [4.69, 9.17) is 4.74 Å². The molecular formula is C18H17BrFNO3. The highest BCUT2D eigenvalue weighted by Crippen LogP contribution is 2.19. The maximum Gasteiger partial charge on any atom is 0.308 e. The fourth-order valence-electron chi connectivity index (χ4n) is 2.21. The van der Waals surface area contributed by atoms with E-state index < -0.39 is 17.8 Å². The van der Waals surface area contributed by atoms with Gasteiger partial charge in [0.15, 0.2) is 0 Å². The van der Waals surface area contributed by atoms with Crippen LogP contribution in [0, 0.1) is 5.82 Å². The second-order valence-corrected chi connectivity index (χ2v) is 6.18. The van der Waals surface area contributed by atoms with E-state index in [1.54, 1.807) is 12.1 Å². The molecule has 0 bridgehead atoms. The van der Waals surface area contributed by atoms with Crippen LogP contribution in [0.1, 0.15) is 30.5 Å². The van der Waals surface area contributed by atoms with E-state index in [2.05, 4.69) is 21.2 Å². The third-order valence-corrected chi connectivity index (χ3v) is 3.85. The van der Waals surface area contributed by atoms with Gasteiger partial charge in [-0.25, -0.2) is 4.39 Å². The fraction of sp³-hybridized carbons (Fsp3) is 0.222. The fourth-order valence-corrected chi connectivity index (χ4v) is 2.54. The molecule has 2 aromatic rings. The number of halogens is 2. The topological polar surface area (TPSA) is 55.4 Å². The summed E-state index contributed by atoms with van der Waals surface area (Å²) in [7, 11) is 0. The molecule has 0 saturated heterocycles. The minimum atomic E-state index is -0.514. The molecule has 0 unspecified atom stereocenters. The number of ether oxygens (including phenoxy) is 1. The normalized spacial score (nSPS) is 11.6. The minimum Gasteiger partial charge on any atom is -0.461 e. The largest absolute Gasteiger partial charge is 0.461 e. The van der Waals surface area contributed by atoms with Crippen molar-refractivity contribution in [3.05, 3.63) is 69.9 Å². The summed E-state index contributed by atoms with van der Waals surface area (Å²) in [6.07, 6.45) is -0.0261. The summed E-state index contributed by atoms with van der Waals surface area (Å²) in [4.78, 5) is 23.4. The number of nitrogens with one attached hydrogen (secondary N) is 1. The average molecular weight is 394 g/mol. The molecule has 0 heterocycles. The van der Waals surface area contributed by atoms with E-state index in [1.165, 1.54) is 13.0 Å². The van der Waals surface area contributed by atoms with Crippen LogP contribution < -0.4 is 5.32 Å². The molecule has 0 spiro atoms. The number of rotatable bonds is 6. The summed E-state index contributed by atoms with van der Waals surface area (Å²) >= 11 is 3.17. The molecular weight excluding hydrogens is 377 g/mol. The lowest BCUT2D eigenvalue weighted by Crippen LogP contribution is -2.28. The molecule has 6 heteroatoms. The van der Waals surface area contributed by atoms with Gasteiger partial charge in [0, 0.05) is 17.0 Å². The van der Waals surface area contributed by atoms with Crippen molar-refractivity contribution in [1.29, 1.82) is 0 Å². The number of hydrogen-bond donors (Lipinski definition) is 1. The first-order valence-corrected chi connectivity index (χ1v) is 8.16. The first kappa shape index (κ1) is 18.1. The van der Waals surface area contributed by atoms with Crippen LogP contribution in [0.2, 0.25) is 0 Å². The third kappa shape index (κ3) is 5.45. The smallest absolute Gasteiger partial charge is 0.308 e. The predicted octanol–water partition coefficient (Wildman–Crippen LogP) is 3.90. The Bertz CT molecular complexity index is 721. The molecule has 0 aliphatic heterocycles. The molecule has 2 aromatic carbocycles. The number of benzene rings is 2. The lowest BCUT2D eigenvalue weighted by molar-refractivity contribution is -0.145. The number of esters is 1. The molecule has 126 valence electrons. The monoisotopic (exact) mass is 393 g/mol. The van der Waals surface area contributed by atoms with Crippen LogP contribution in [0.4, 0.5) is 4.39 Å². The first-order valence-electron chi connectivity index (χ1n) is 7.37. The summed E-state index contributed by atoms with van der Waals surface area (Å²) in [5.74, 6) is -1.20. The van der Waals surface area contributed by atoms with Crippen molar-refractivity contribution in [1.82, 2.24) is 5.32 Å². The van der Waals surface area contributed by atoms with Gasteiger partial charge in [0.25, 0.3) is 0 Å². The second kappa shape index (κ2) is 8.59. The van der Waals surface area contributed by atoms with Crippen LogP contribution >= 0.6 is 15.9 Å². The summed E-state index contributed by atoms with van der Waals surface area (Å²) in [6.45, 7) is 1.23. The van der Waals surface area contributed by atoms with Gasteiger partial charge in [-0.15, -0.1) is 0 Å². The Balaban J connectivity index is 1.98. The van der Waals surface area contributed by atoms with E-state index in [9.17, 15) is 14.0 Å². The lowest BCUT2D eigenvalue weighted by atomic mass is 10.0. The molecule has 0 aromatic heterocycles. The molecule has 24 heavy (non-hydrogen) atoms. The van der Waals surface area contributed by atoms with E-state index >= 15 is 0 Å². The first-order chi connectivity index (χ1) is 11.5. The molecule has 0 fully saturated rings. The Hall–Kier alpha value is -2.21. The van der Waals surface area contributed by atoms with Crippen molar-refractivity contribution >= 4 is 27.8 Å². The van der Waals surface area contributed by atoms with Gasteiger partial charge in [0.05, 0.1) is 12.5 Å². The van der Waals surface area contributed by atoms with Crippen LogP contribution in [-0.4, -0.2) is 11.9 Å². The number of carbonyl (C=O) groups excluding carboxylic acids is 2. The van der Waals surface area contributed by atoms with Gasteiger partial charge in [-0.2, -0.15) is 0 Å². The van der Waals surface area contributed by atoms with Crippen LogP contribution in [0.15, 0.2) is 53.0 Å². The molecule has 0 radical (unpaired) electrons. The molecule has 1 amide bonds. The second-order valence-electron chi connectivity index (χ2n) is 5.26. The number of carbonyl (C=O) groups is 2. The van der Waals surface area contributed by atoms with E-state index in [0.29, 0.717) is 10.0 Å². The highest BCUT2D eigenvalue weighted by Gasteiger charge is 2.18. The van der Waals surface area contributed by atoms with Crippen molar-refractivity contribution in [2.24, 2.45) is 0 Å². The Kier molecular flexibility index (Phi) is 6.49. The standard InChI is InChI=1S/C18H17BrFNO3/c1-12(22)21-17(13-5-3-2-4-6-13)10-18(23)24-11-14-7-8-15(19)9-16(14)20/h2-9,17H,10-11H2,1H3,(H,21,22)/t17-/m0/s1. The van der Waals surface area contributed by atoms with Crippen LogP contribution in [-0.2, 0) is 20.9 Å². The Labute approximate surface area is 148 Å². The summed E-state index contributed by atoms with van der Waals surface area (Å²) < 4.78 is 19.5. The molecule has 2 rings (SSSR count). The van der Waals surface area contributed by atoms with Gasteiger partial charge >= 0.3 is 5.97 Å². The van der Waals surface area contributed by atoms with Crippen molar-refractivity contribution in [3.63, 3.8) is 0 Å². The molecule has 1 atom stereocenters. The van der Waals surface area contributed by atoms with Crippen LogP contribution in [0.25, 0.3) is 0 Å².